The summed E-state index contributed by atoms with van der Waals surface area (Å²) in [6.45, 7) is 1.36. The summed E-state index contributed by atoms with van der Waals surface area (Å²) in [5.41, 5.74) is 0.683. The molecule has 0 saturated heterocycles. The van der Waals surface area contributed by atoms with Gasteiger partial charge in [0.15, 0.2) is 0 Å². The van der Waals surface area contributed by atoms with E-state index in [1.807, 2.05) is 0 Å². The molecule has 0 saturated carbocycles. The Morgan fingerprint density at radius 3 is 2.68 bits per heavy atom. The van der Waals surface area contributed by atoms with Gasteiger partial charge in [-0.2, -0.15) is 13.2 Å². The van der Waals surface area contributed by atoms with Crippen molar-refractivity contribution in [2.24, 2.45) is 0 Å². The number of rotatable bonds is 3. The minimum absolute atomic E-state index is 0.0452. The summed E-state index contributed by atoms with van der Waals surface area (Å²) in [5, 5.41) is 10.0. The predicted molar refractivity (Wildman–Crippen MR) is 81.1 cm³/mol. The number of hydrogen-bond acceptors (Lipinski definition) is 5. The van der Waals surface area contributed by atoms with Gasteiger partial charge < -0.3 is 5.32 Å². The van der Waals surface area contributed by atoms with Crippen LogP contribution in [0, 0.1) is 6.92 Å². The van der Waals surface area contributed by atoms with Gasteiger partial charge >= 0.3 is 6.18 Å². The lowest BCUT2D eigenvalue weighted by molar-refractivity contribution is -0.145. The Morgan fingerprint density at radius 2 is 2.00 bits per heavy atom. The van der Waals surface area contributed by atoms with Crippen LogP contribution in [0.2, 0.25) is 0 Å². The van der Waals surface area contributed by atoms with Crippen molar-refractivity contribution < 1.29 is 18.0 Å². The second kappa shape index (κ2) is 6.30. The normalized spacial score (nSPS) is 11.4. The average molecular weight is 348 g/mol. The van der Waals surface area contributed by atoms with E-state index in [4.69, 9.17) is 0 Å². The fraction of sp³-hybridized carbons (Fsp3) is 0.133. The highest BCUT2D eigenvalue weighted by molar-refractivity contribution is 6.03. The summed E-state index contributed by atoms with van der Waals surface area (Å²) in [5.74, 6) is -2.12. The zero-order valence-corrected chi connectivity index (χ0v) is 12.8. The first-order valence-corrected chi connectivity index (χ1v) is 7.04. The number of nitrogens with one attached hydrogen (secondary N) is 1. The second-order valence-electron chi connectivity index (χ2n) is 5.07. The van der Waals surface area contributed by atoms with E-state index in [1.165, 1.54) is 23.9 Å². The molecule has 0 radical (unpaired) electrons. The van der Waals surface area contributed by atoms with Crippen LogP contribution in [0.3, 0.4) is 0 Å². The maximum absolute atomic E-state index is 12.8. The van der Waals surface area contributed by atoms with Crippen LogP contribution in [-0.2, 0) is 6.18 Å². The quantitative estimate of drug-likeness (QED) is 0.786. The third kappa shape index (κ3) is 3.79. The summed E-state index contributed by atoms with van der Waals surface area (Å²) >= 11 is 0. The molecule has 0 aliphatic carbocycles. The molecule has 2 heterocycles. The minimum Gasteiger partial charge on any atom is -0.321 e. The summed E-state index contributed by atoms with van der Waals surface area (Å²) in [6, 6.07) is 7.79. The number of alkyl halides is 3. The lowest BCUT2D eigenvalue weighted by Crippen LogP contribution is -2.19. The van der Waals surface area contributed by atoms with Crippen molar-refractivity contribution >= 4 is 11.6 Å². The lowest BCUT2D eigenvalue weighted by atomic mass is 10.2. The Hall–Kier alpha value is -3.30. The van der Waals surface area contributed by atoms with Crippen LogP contribution in [0.5, 0.6) is 0 Å². The molecule has 0 unspecified atom stereocenters. The van der Waals surface area contributed by atoms with Gasteiger partial charge in [-0.15, -0.1) is 5.10 Å². The highest BCUT2D eigenvalue weighted by Crippen LogP contribution is 2.26. The smallest absolute Gasteiger partial charge is 0.321 e. The summed E-state index contributed by atoms with van der Waals surface area (Å²) in [7, 11) is 0. The van der Waals surface area contributed by atoms with Crippen molar-refractivity contribution in [3.05, 3.63) is 59.9 Å². The summed E-state index contributed by atoms with van der Waals surface area (Å²) < 4.78 is 39.8. The van der Waals surface area contributed by atoms with Crippen LogP contribution >= 0.6 is 0 Å². The molecule has 10 heteroatoms. The van der Waals surface area contributed by atoms with Gasteiger partial charge in [-0.25, -0.2) is 14.6 Å². The van der Waals surface area contributed by atoms with Gasteiger partial charge in [0, 0.05) is 11.4 Å². The average Bonchev–Trinajstić information content (AvgIpc) is 3.08. The van der Waals surface area contributed by atoms with Crippen molar-refractivity contribution in [3.63, 3.8) is 0 Å². The van der Waals surface area contributed by atoms with Gasteiger partial charge in [0.05, 0.1) is 18.1 Å². The molecular formula is C15H11F3N6O. The molecule has 0 aliphatic rings. The molecule has 128 valence electrons. The van der Waals surface area contributed by atoms with E-state index in [1.54, 1.807) is 30.5 Å². The Kier molecular flexibility index (Phi) is 4.17. The number of halogens is 3. The van der Waals surface area contributed by atoms with Crippen molar-refractivity contribution in [2.45, 2.75) is 13.1 Å². The fourth-order valence-electron chi connectivity index (χ4n) is 2.08. The first-order chi connectivity index (χ1) is 11.8. The van der Waals surface area contributed by atoms with Crippen molar-refractivity contribution in [2.75, 3.05) is 5.32 Å². The molecule has 1 N–H and O–H groups in total. The van der Waals surface area contributed by atoms with Gasteiger partial charge in [-0.05, 0) is 31.2 Å². The first kappa shape index (κ1) is 16.6. The van der Waals surface area contributed by atoms with E-state index < -0.39 is 17.9 Å². The zero-order chi connectivity index (χ0) is 18.0. The molecule has 2 aromatic heterocycles. The number of hydrogen-bond donors (Lipinski definition) is 1. The van der Waals surface area contributed by atoms with E-state index in [2.05, 4.69) is 25.6 Å². The van der Waals surface area contributed by atoms with E-state index in [-0.39, 0.29) is 11.4 Å². The Labute approximate surface area is 139 Å². The van der Waals surface area contributed by atoms with E-state index in [0.29, 0.717) is 11.4 Å². The number of amides is 1. The summed E-state index contributed by atoms with van der Waals surface area (Å²) in [6.07, 6.45) is -1.62. The fourth-order valence-corrected chi connectivity index (χ4v) is 2.08. The first-order valence-electron chi connectivity index (χ1n) is 7.04. The second-order valence-corrected chi connectivity index (χ2v) is 5.07. The summed E-state index contributed by atoms with van der Waals surface area (Å²) in [4.78, 5) is 18.8. The minimum atomic E-state index is -4.73. The molecule has 7 nitrogen and oxygen atoms in total. The molecule has 0 fully saturated rings. The number of nitrogens with zero attached hydrogens (tertiary/aromatic N) is 5. The maximum atomic E-state index is 12.8. The van der Waals surface area contributed by atoms with Gasteiger partial charge in [-0.3, -0.25) is 4.79 Å². The van der Waals surface area contributed by atoms with Gasteiger partial charge in [0.1, 0.15) is 5.69 Å². The van der Waals surface area contributed by atoms with Crippen LogP contribution in [0.4, 0.5) is 18.9 Å². The number of aryl methyl sites for hydroxylation is 1. The van der Waals surface area contributed by atoms with Crippen LogP contribution < -0.4 is 5.32 Å². The number of anilines is 1. The Balaban J connectivity index is 1.86. The predicted octanol–water partition coefficient (Wildman–Crippen LogP) is 2.64. The van der Waals surface area contributed by atoms with E-state index in [0.717, 1.165) is 0 Å². The maximum Gasteiger partial charge on any atom is 0.451 e. The Bertz CT molecular complexity index is 908. The van der Waals surface area contributed by atoms with E-state index in [9.17, 15) is 18.0 Å². The van der Waals surface area contributed by atoms with Crippen LogP contribution in [-0.4, -0.2) is 30.9 Å². The largest absolute Gasteiger partial charge is 0.451 e. The standard InChI is InChI=1S/C15H11F3N6O/c1-9-7-12(22-14(20-9)15(16,17)18)13(25)21-10-3-2-4-11(8-10)24-6-5-19-23-24/h2-8H,1H3,(H,21,25). The third-order valence-corrected chi connectivity index (χ3v) is 3.13. The molecule has 0 atom stereocenters. The van der Waals surface area contributed by atoms with Crippen LogP contribution in [0.15, 0.2) is 42.7 Å². The molecular weight excluding hydrogens is 337 g/mol. The third-order valence-electron chi connectivity index (χ3n) is 3.13. The molecule has 25 heavy (non-hydrogen) atoms. The molecule has 0 aliphatic heterocycles. The molecule has 0 spiro atoms. The molecule has 1 amide bonds. The molecule has 3 aromatic rings. The molecule has 1 aromatic carbocycles. The highest BCUT2D eigenvalue weighted by Gasteiger charge is 2.35. The topological polar surface area (TPSA) is 85.6 Å². The van der Waals surface area contributed by atoms with Crippen molar-refractivity contribution in [1.29, 1.82) is 0 Å². The van der Waals surface area contributed by atoms with Gasteiger partial charge in [-0.1, -0.05) is 11.3 Å². The van der Waals surface area contributed by atoms with Crippen molar-refractivity contribution in [1.82, 2.24) is 25.0 Å². The highest BCUT2D eigenvalue weighted by atomic mass is 19.4. The van der Waals surface area contributed by atoms with Crippen LogP contribution in [0.25, 0.3) is 5.69 Å². The van der Waals surface area contributed by atoms with E-state index >= 15 is 0 Å². The number of benzene rings is 1. The van der Waals surface area contributed by atoms with Gasteiger partial charge in [0.2, 0.25) is 5.82 Å². The Morgan fingerprint density at radius 1 is 1.20 bits per heavy atom. The van der Waals surface area contributed by atoms with Crippen LogP contribution in [0.1, 0.15) is 22.0 Å². The monoisotopic (exact) mass is 348 g/mol. The van der Waals surface area contributed by atoms with Crippen molar-refractivity contribution in [3.8, 4) is 5.69 Å². The zero-order valence-electron chi connectivity index (χ0n) is 12.8. The van der Waals surface area contributed by atoms with Gasteiger partial charge in [0.25, 0.3) is 5.91 Å². The lowest BCUT2D eigenvalue weighted by Gasteiger charge is -2.10. The number of carbonyl (C=O) groups excluding carboxylic acids is 1. The number of carbonyl (C=O) groups is 1. The molecule has 0 bridgehead atoms. The SMILES string of the molecule is Cc1cc(C(=O)Nc2cccc(-n3ccnn3)c2)nc(C(F)(F)F)n1. The molecule has 3 rings (SSSR count). The number of aromatic nitrogens is 5.